The summed E-state index contributed by atoms with van der Waals surface area (Å²) in [5, 5.41) is 8.44. The van der Waals surface area contributed by atoms with Crippen molar-refractivity contribution < 1.29 is 4.74 Å². The van der Waals surface area contributed by atoms with Crippen molar-refractivity contribution in [3.63, 3.8) is 0 Å². The standard InChI is InChI=1S/C6H8N2OS/c1-4(9-2)5(3-7)6(8)10/h1-2H3,(H2,8,10). The van der Waals surface area contributed by atoms with Crippen LogP contribution in [-0.4, -0.2) is 12.1 Å². The zero-order valence-electron chi connectivity index (χ0n) is 5.84. The van der Waals surface area contributed by atoms with Gasteiger partial charge in [-0.3, -0.25) is 0 Å². The van der Waals surface area contributed by atoms with Gasteiger partial charge in [0, 0.05) is 0 Å². The molecule has 3 nitrogen and oxygen atoms in total. The highest BCUT2D eigenvalue weighted by Crippen LogP contribution is 2.02. The van der Waals surface area contributed by atoms with Crippen molar-refractivity contribution in [2.75, 3.05) is 7.11 Å². The Balaban J connectivity index is 4.68. The molecule has 0 aliphatic heterocycles. The quantitative estimate of drug-likeness (QED) is 0.277. The molecule has 0 heterocycles. The lowest BCUT2D eigenvalue weighted by Crippen LogP contribution is -2.12. The van der Waals surface area contributed by atoms with E-state index in [9.17, 15) is 0 Å². The molecule has 0 amide bonds. The molecule has 0 fully saturated rings. The molecule has 0 aromatic heterocycles. The third kappa shape index (κ3) is 2.03. The van der Waals surface area contributed by atoms with Crippen molar-refractivity contribution >= 4 is 17.2 Å². The van der Waals surface area contributed by atoms with Crippen LogP contribution in [0.1, 0.15) is 6.92 Å². The maximum absolute atomic E-state index is 8.44. The fourth-order valence-corrected chi connectivity index (χ4v) is 0.599. The third-order valence-corrected chi connectivity index (χ3v) is 1.22. The summed E-state index contributed by atoms with van der Waals surface area (Å²) in [6, 6.07) is 1.84. The van der Waals surface area contributed by atoms with Gasteiger partial charge in [-0.05, 0) is 6.92 Å². The first-order valence-corrected chi connectivity index (χ1v) is 2.99. The molecule has 10 heavy (non-hydrogen) atoms. The predicted octanol–water partition coefficient (Wildman–Crippen LogP) is 0.716. The van der Waals surface area contributed by atoms with Gasteiger partial charge >= 0.3 is 0 Å². The average Bonchev–Trinajstić information content (AvgIpc) is 1.88. The van der Waals surface area contributed by atoms with Gasteiger partial charge < -0.3 is 10.5 Å². The topological polar surface area (TPSA) is 59.0 Å². The van der Waals surface area contributed by atoms with Crippen LogP contribution in [0.25, 0.3) is 0 Å². The second kappa shape index (κ2) is 3.85. The van der Waals surface area contributed by atoms with Crippen molar-refractivity contribution in [2.24, 2.45) is 5.73 Å². The molecule has 4 heteroatoms. The van der Waals surface area contributed by atoms with E-state index in [-0.39, 0.29) is 10.6 Å². The van der Waals surface area contributed by atoms with E-state index in [1.165, 1.54) is 7.11 Å². The van der Waals surface area contributed by atoms with Gasteiger partial charge in [0.1, 0.15) is 22.4 Å². The van der Waals surface area contributed by atoms with Gasteiger partial charge in [0.05, 0.1) is 7.11 Å². The molecule has 54 valence electrons. The molecule has 0 atom stereocenters. The number of nitriles is 1. The van der Waals surface area contributed by atoms with Crippen LogP contribution >= 0.6 is 12.2 Å². The molecule has 0 spiro atoms. The smallest absolute Gasteiger partial charge is 0.123 e. The molecule has 0 aliphatic carbocycles. The zero-order chi connectivity index (χ0) is 8.15. The highest BCUT2D eigenvalue weighted by Gasteiger charge is 2.03. The number of rotatable bonds is 2. The fourth-order valence-electron chi connectivity index (χ4n) is 0.409. The molecule has 0 radical (unpaired) electrons. The van der Waals surface area contributed by atoms with E-state index in [0.717, 1.165) is 0 Å². The Morgan fingerprint density at radius 2 is 2.20 bits per heavy atom. The van der Waals surface area contributed by atoms with Crippen LogP contribution in [0.5, 0.6) is 0 Å². The highest BCUT2D eigenvalue weighted by molar-refractivity contribution is 7.80. The lowest BCUT2D eigenvalue weighted by Gasteiger charge is -2.00. The van der Waals surface area contributed by atoms with E-state index in [2.05, 4.69) is 12.2 Å². The van der Waals surface area contributed by atoms with E-state index in [0.29, 0.717) is 5.76 Å². The summed E-state index contributed by atoms with van der Waals surface area (Å²) in [5.41, 5.74) is 5.43. The predicted molar refractivity (Wildman–Crippen MR) is 42.1 cm³/mol. The fraction of sp³-hybridized carbons (Fsp3) is 0.333. The first-order chi connectivity index (χ1) is 4.63. The monoisotopic (exact) mass is 156 g/mol. The maximum Gasteiger partial charge on any atom is 0.123 e. The van der Waals surface area contributed by atoms with Crippen LogP contribution in [0.15, 0.2) is 11.3 Å². The lowest BCUT2D eigenvalue weighted by molar-refractivity contribution is 0.292. The second-order valence-electron chi connectivity index (χ2n) is 1.61. The van der Waals surface area contributed by atoms with Gasteiger partial charge in [0.2, 0.25) is 0 Å². The van der Waals surface area contributed by atoms with Crippen molar-refractivity contribution in [3.05, 3.63) is 11.3 Å². The van der Waals surface area contributed by atoms with E-state index < -0.39 is 0 Å². The number of ether oxygens (including phenoxy) is 1. The van der Waals surface area contributed by atoms with E-state index in [4.69, 9.17) is 15.7 Å². The molecule has 0 saturated heterocycles. The number of allylic oxidation sites excluding steroid dienone is 1. The molecule has 0 unspecified atom stereocenters. The molecular formula is C6H8N2OS. The minimum atomic E-state index is 0.0712. The lowest BCUT2D eigenvalue weighted by atomic mass is 10.2. The van der Waals surface area contributed by atoms with Crippen molar-refractivity contribution in [3.8, 4) is 6.07 Å². The SMILES string of the molecule is COC(C)=C(C#N)C(N)=S. The molecule has 0 rings (SSSR count). The maximum atomic E-state index is 8.44. The number of thiocarbonyl (C=S) groups is 1. The third-order valence-electron chi connectivity index (χ3n) is 1.02. The number of nitrogens with two attached hydrogens (primary N) is 1. The number of methoxy groups -OCH3 is 1. The van der Waals surface area contributed by atoms with Crippen molar-refractivity contribution in [1.82, 2.24) is 0 Å². The van der Waals surface area contributed by atoms with Gasteiger partial charge in [0.15, 0.2) is 0 Å². The summed E-state index contributed by atoms with van der Waals surface area (Å²) >= 11 is 4.58. The number of hydrogen-bond acceptors (Lipinski definition) is 3. The molecular weight excluding hydrogens is 148 g/mol. The Kier molecular flexibility index (Phi) is 3.44. The number of nitrogens with zero attached hydrogens (tertiary/aromatic N) is 1. The Labute approximate surface area is 65.1 Å². The van der Waals surface area contributed by atoms with Crippen LogP contribution in [0.2, 0.25) is 0 Å². The van der Waals surface area contributed by atoms with Crippen LogP contribution in [0.4, 0.5) is 0 Å². The van der Waals surface area contributed by atoms with Crippen LogP contribution in [0.3, 0.4) is 0 Å². The molecule has 0 bridgehead atoms. The molecule has 0 aromatic carbocycles. The summed E-state index contributed by atoms with van der Waals surface area (Å²) in [4.78, 5) is 0.0712. The Morgan fingerprint density at radius 3 is 2.30 bits per heavy atom. The van der Waals surface area contributed by atoms with Gasteiger partial charge in [-0.25, -0.2) is 0 Å². The zero-order valence-corrected chi connectivity index (χ0v) is 6.66. The van der Waals surface area contributed by atoms with Gasteiger partial charge in [-0.2, -0.15) is 5.26 Å². The van der Waals surface area contributed by atoms with Crippen LogP contribution in [0, 0.1) is 11.3 Å². The van der Waals surface area contributed by atoms with Gasteiger partial charge in [-0.1, -0.05) is 12.2 Å². The van der Waals surface area contributed by atoms with Gasteiger partial charge in [0.25, 0.3) is 0 Å². The van der Waals surface area contributed by atoms with E-state index in [1.54, 1.807) is 6.92 Å². The van der Waals surface area contributed by atoms with Crippen molar-refractivity contribution in [1.29, 1.82) is 5.26 Å². The molecule has 0 saturated carbocycles. The summed E-state index contributed by atoms with van der Waals surface area (Å²) in [7, 11) is 1.46. The Hall–Kier alpha value is -1.08. The minimum absolute atomic E-state index is 0.0712. The first kappa shape index (κ1) is 8.92. The van der Waals surface area contributed by atoms with Crippen molar-refractivity contribution in [2.45, 2.75) is 6.92 Å². The molecule has 2 N–H and O–H groups in total. The first-order valence-electron chi connectivity index (χ1n) is 2.58. The van der Waals surface area contributed by atoms with Crippen LogP contribution < -0.4 is 5.73 Å². The molecule has 0 aromatic rings. The van der Waals surface area contributed by atoms with E-state index in [1.807, 2.05) is 6.07 Å². The Bertz CT molecular complexity index is 214. The van der Waals surface area contributed by atoms with Gasteiger partial charge in [-0.15, -0.1) is 0 Å². The Morgan fingerprint density at radius 1 is 1.70 bits per heavy atom. The number of hydrogen-bond donors (Lipinski definition) is 1. The summed E-state index contributed by atoms with van der Waals surface area (Å²) in [5.74, 6) is 0.454. The minimum Gasteiger partial charge on any atom is -0.500 e. The summed E-state index contributed by atoms with van der Waals surface area (Å²) in [6.07, 6.45) is 0. The van der Waals surface area contributed by atoms with Crippen LogP contribution in [-0.2, 0) is 4.74 Å². The average molecular weight is 156 g/mol. The normalized spacial score (nSPS) is 11.3. The van der Waals surface area contributed by atoms with E-state index >= 15 is 0 Å². The highest BCUT2D eigenvalue weighted by atomic mass is 32.1. The summed E-state index contributed by atoms with van der Waals surface area (Å²) < 4.78 is 4.75. The summed E-state index contributed by atoms with van der Waals surface area (Å²) in [6.45, 7) is 1.64. The molecule has 0 aliphatic rings. The second-order valence-corrected chi connectivity index (χ2v) is 2.05. The largest absolute Gasteiger partial charge is 0.500 e.